The summed E-state index contributed by atoms with van der Waals surface area (Å²) in [5, 5.41) is 16.0. The molecule has 6 nitrogen and oxygen atoms in total. The fraction of sp³-hybridized carbons (Fsp3) is 0.286. The van der Waals surface area contributed by atoms with Gasteiger partial charge in [0, 0.05) is 6.07 Å². The lowest BCUT2D eigenvalue weighted by Crippen LogP contribution is -2.17. The molecule has 0 fully saturated rings. The van der Waals surface area contributed by atoms with E-state index in [1.807, 2.05) is 6.92 Å². The number of aryl methyl sites for hydroxylation is 1. The van der Waals surface area contributed by atoms with Gasteiger partial charge in [0.2, 0.25) is 0 Å². The summed E-state index contributed by atoms with van der Waals surface area (Å²) in [6.07, 6.45) is 0. The number of nitrogens with zero attached hydrogens (tertiary/aromatic N) is 2. The second-order valence-corrected chi connectivity index (χ2v) is 4.27. The van der Waals surface area contributed by atoms with Gasteiger partial charge in [0.05, 0.1) is 31.5 Å². The van der Waals surface area contributed by atoms with Gasteiger partial charge in [-0.2, -0.15) is 5.10 Å². The highest BCUT2D eigenvalue weighted by molar-refractivity contribution is 6.05. The molecule has 0 bridgehead atoms. The summed E-state index contributed by atoms with van der Waals surface area (Å²) in [6.45, 7) is 2.11. The second-order valence-electron chi connectivity index (χ2n) is 4.27. The Balaban J connectivity index is 2.23. The number of hydrogen-bond acceptors (Lipinski definition) is 4. The van der Waals surface area contributed by atoms with Gasteiger partial charge >= 0.3 is 0 Å². The Morgan fingerprint density at radius 2 is 2.20 bits per heavy atom. The molecule has 0 aliphatic rings. The van der Waals surface area contributed by atoms with Crippen molar-refractivity contribution >= 4 is 11.7 Å². The summed E-state index contributed by atoms with van der Waals surface area (Å²) < 4.78 is 6.72. The van der Waals surface area contributed by atoms with Crippen LogP contribution in [0.3, 0.4) is 0 Å². The molecule has 1 amide bonds. The minimum Gasteiger partial charge on any atom is -0.496 e. The maximum absolute atomic E-state index is 12.3. The molecule has 2 N–H and O–H groups in total. The standard InChI is InChI=1S/C14H17N3O3/c1-10-9-13(17(16-10)7-8-18)15-14(19)11-5-3-4-6-12(11)20-2/h3-6,9,18H,7-8H2,1-2H3,(H,15,19). The summed E-state index contributed by atoms with van der Waals surface area (Å²) in [7, 11) is 1.52. The Bertz CT molecular complexity index is 607. The van der Waals surface area contributed by atoms with Crippen molar-refractivity contribution in [2.45, 2.75) is 13.5 Å². The number of carbonyl (C=O) groups excluding carboxylic acids is 1. The molecule has 0 atom stereocenters. The van der Waals surface area contributed by atoms with Gasteiger partial charge in [0.15, 0.2) is 0 Å². The highest BCUT2D eigenvalue weighted by Gasteiger charge is 2.14. The molecule has 0 radical (unpaired) electrons. The van der Waals surface area contributed by atoms with Gasteiger partial charge in [-0.15, -0.1) is 0 Å². The number of amides is 1. The van der Waals surface area contributed by atoms with Crippen molar-refractivity contribution in [2.24, 2.45) is 0 Å². The second kappa shape index (κ2) is 6.21. The number of nitrogens with one attached hydrogen (secondary N) is 1. The molecule has 1 aromatic carbocycles. The van der Waals surface area contributed by atoms with Crippen molar-refractivity contribution in [1.82, 2.24) is 9.78 Å². The molecule has 0 saturated heterocycles. The van der Waals surface area contributed by atoms with Crippen molar-refractivity contribution < 1.29 is 14.6 Å². The molecular weight excluding hydrogens is 258 g/mol. The minimum absolute atomic E-state index is 0.0430. The van der Waals surface area contributed by atoms with E-state index in [1.165, 1.54) is 7.11 Å². The first-order chi connectivity index (χ1) is 9.65. The van der Waals surface area contributed by atoms with Crippen LogP contribution in [-0.2, 0) is 6.54 Å². The smallest absolute Gasteiger partial charge is 0.260 e. The van der Waals surface area contributed by atoms with Crippen molar-refractivity contribution in [2.75, 3.05) is 19.0 Å². The van der Waals surface area contributed by atoms with E-state index in [2.05, 4.69) is 10.4 Å². The summed E-state index contributed by atoms with van der Waals surface area (Å²) in [5.41, 5.74) is 1.22. The van der Waals surface area contributed by atoms with Crippen LogP contribution in [-0.4, -0.2) is 34.5 Å². The van der Waals surface area contributed by atoms with Gasteiger partial charge in [-0.3, -0.25) is 4.79 Å². The number of ether oxygens (including phenoxy) is 1. The molecule has 20 heavy (non-hydrogen) atoms. The zero-order valence-electron chi connectivity index (χ0n) is 11.5. The molecule has 0 aliphatic heterocycles. The van der Waals surface area contributed by atoms with Gasteiger partial charge in [-0.25, -0.2) is 4.68 Å². The molecule has 2 aromatic rings. The molecule has 6 heteroatoms. The maximum Gasteiger partial charge on any atom is 0.260 e. The lowest BCUT2D eigenvalue weighted by Gasteiger charge is -2.10. The summed E-state index contributed by atoms with van der Waals surface area (Å²) in [4.78, 5) is 12.3. The Hall–Kier alpha value is -2.34. The zero-order valence-corrected chi connectivity index (χ0v) is 11.5. The molecule has 1 heterocycles. The van der Waals surface area contributed by atoms with Crippen LogP contribution < -0.4 is 10.1 Å². The Kier molecular flexibility index (Phi) is 4.37. The van der Waals surface area contributed by atoms with E-state index in [9.17, 15) is 4.79 Å². The Morgan fingerprint density at radius 3 is 2.90 bits per heavy atom. The van der Waals surface area contributed by atoms with Crippen LogP contribution in [0.4, 0.5) is 5.82 Å². The normalized spacial score (nSPS) is 10.3. The van der Waals surface area contributed by atoms with Crippen molar-refractivity contribution in [3.8, 4) is 5.75 Å². The van der Waals surface area contributed by atoms with Crippen LogP contribution in [0.1, 0.15) is 16.1 Å². The lowest BCUT2D eigenvalue weighted by molar-refractivity contribution is 0.102. The number of carbonyl (C=O) groups is 1. The van der Waals surface area contributed by atoms with Crippen LogP contribution in [0.15, 0.2) is 30.3 Å². The zero-order chi connectivity index (χ0) is 14.5. The van der Waals surface area contributed by atoms with Crippen molar-refractivity contribution in [3.63, 3.8) is 0 Å². The Morgan fingerprint density at radius 1 is 1.45 bits per heavy atom. The largest absolute Gasteiger partial charge is 0.496 e. The van der Waals surface area contributed by atoms with E-state index in [1.54, 1.807) is 35.0 Å². The quantitative estimate of drug-likeness (QED) is 0.865. The monoisotopic (exact) mass is 275 g/mol. The van der Waals surface area contributed by atoms with Crippen LogP contribution in [0.2, 0.25) is 0 Å². The summed E-state index contributed by atoms with van der Waals surface area (Å²) in [5.74, 6) is 0.781. The van der Waals surface area contributed by atoms with Crippen LogP contribution in [0, 0.1) is 6.92 Å². The van der Waals surface area contributed by atoms with E-state index in [0.29, 0.717) is 23.7 Å². The number of hydrogen-bond donors (Lipinski definition) is 2. The SMILES string of the molecule is COc1ccccc1C(=O)Nc1cc(C)nn1CCO. The van der Waals surface area contributed by atoms with Gasteiger partial charge < -0.3 is 15.2 Å². The third-order valence-corrected chi connectivity index (χ3v) is 2.81. The summed E-state index contributed by atoms with van der Waals surface area (Å²) in [6, 6.07) is 8.74. The van der Waals surface area contributed by atoms with Gasteiger partial charge in [-0.05, 0) is 19.1 Å². The maximum atomic E-state index is 12.3. The predicted octanol–water partition coefficient (Wildman–Crippen LogP) is 1.44. The molecule has 0 spiro atoms. The predicted molar refractivity (Wildman–Crippen MR) is 75.0 cm³/mol. The highest BCUT2D eigenvalue weighted by atomic mass is 16.5. The van der Waals surface area contributed by atoms with Crippen LogP contribution in [0.25, 0.3) is 0 Å². The van der Waals surface area contributed by atoms with E-state index in [0.717, 1.165) is 5.69 Å². The van der Waals surface area contributed by atoms with Gasteiger partial charge in [-0.1, -0.05) is 12.1 Å². The van der Waals surface area contributed by atoms with E-state index in [-0.39, 0.29) is 12.5 Å². The molecule has 106 valence electrons. The molecule has 0 unspecified atom stereocenters. The number of anilines is 1. The van der Waals surface area contributed by atoms with Gasteiger partial charge in [0.1, 0.15) is 11.6 Å². The molecule has 2 rings (SSSR count). The third kappa shape index (κ3) is 2.97. The fourth-order valence-electron chi connectivity index (χ4n) is 1.93. The van der Waals surface area contributed by atoms with Crippen molar-refractivity contribution in [3.05, 3.63) is 41.6 Å². The van der Waals surface area contributed by atoms with E-state index >= 15 is 0 Å². The highest BCUT2D eigenvalue weighted by Crippen LogP contribution is 2.19. The number of aliphatic hydroxyl groups is 1. The number of para-hydroxylation sites is 1. The number of methoxy groups -OCH3 is 1. The first-order valence-electron chi connectivity index (χ1n) is 6.25. The number of rotatable bonds is 5. The first kappa shape index (κ1) is 14.1. The fourth-order valence-corrected chi connectivity index (χ4v) is 1.93. The average molecular weight is 275 g/mol. The average Bonchev–Trinajstić information content (AvgIpc) is 2.79. The number of aromatic nitrogens is 2. The molecule has 0 saturated carbocycles. The topological polar surface area (TPSA) is 76.4 Å². The third-order valence-electron chi connectivity index (χ3n) is 2.81. The summed E-state index contributed by atoms with van der Waals surface area (Å²) >= 11 is 0. The van der Waals surface area contributed by atoms with E-state index < -0.39 is 0 Å². The van der Waals surface area contributed by atoms with Crippen LogP contribution >= 0.6 is 0 Å². The molecule has 1 aromatic heterocycles. The first-order valence-corrected chi connectivity index (χ1v) is 6.25. The van der Waals surface area contributed by atoms with Crippen molar-refractivity contribution in [1.29, 1.82) is 0 Å². The lowest BCUT2D eigenvalue weighted by atomic mass is 10.2. The minimum atomic E-state index is -0.276. The number of benzene rings is 1. The van der Waals surface area contributed by atoms with Gasteiger partial charge in [0.25, 0.3) is 5.91 Å². The molecule has 0 aliphatic carbocycles. The Labute approximate surface area is 117 Å². The van der Waals surface area contributed by atoms with E-state index in [4.69, 9.17) is 9.84 Å². The molecular formula is C14H17N3O3. The van der Waals surface area contributed by atoms with Crippen LogP contribution in [0.5, 0.6) is 5.75 Å². The number of aliphatic hydroxyl groups excluding tert-OH is 1.